The maximum Gasteiger partial charge on any atom is 0.363 e. The molecule has 0 saturated carbocycles. The summed E-state index contributed by atoms with van der Waals surface area (Å²) in [6, 6.07) is 12.1. The van der Waals surface area contributed by atoms with Gasteiger partial charge in [-0.3, -0.25) is 4.79 Å². The van der Waals surface area contributed by atoms with Crippen molar-refractivity contribution in [3.05, 3.63) is 70.4 Å². The first kappa shape index (κ1) is 19.4. The van der Waals surface area contributed by atoms with E-state index in [1.807, 2.05) is 12.1 Å². The van der Waals surface area contributed by atoms with Gasteiger partial charge in [0.25, 0.3) is 0 Å². The summed E-state index contributed by atoms with van der Waals surface area (Å²) in [7, 11) is 1.46. The first-order valence-corrected chi connectivity index (χ1v) is 8.65. The van der Waals surface area contributed by atoms with Gasteiger partial charge in [-0.1, -0.05) is 29.8 Å². The first-order chi connectivity index (χ1) is 13.4. The van der Waals surface area contributed by atoms with Crippen LogP contribution in [0.2, 0.25) is 5.02 Å². The van der Waals surface area contributed by atoms with E-state index in [2.05, 4.69) is 4.99 Å². The minimum absolute atomic E-state index is 0.151. The van der Waals surface area contributed by atoms with Crippen LogP contribution in [0, 0.1) is 0 Å². The normalized spacial score (nSPS) is 14.9. The van der Waals surface area contributed by atoms with E-state index in [0.29, 0.717) is 22.1 Å². The van der Waals surface area contributed by atoms with E-state index in [0.717, 1.165) is 5.56 Å². The molecule has 0 atom stereocenters. The molecule has 2 aromatic carbocycles. The molecule has 6 nitrogen and oxygen atoms in total. The lowest BCUT2D eigenvalue weighted by Gasteiger charge is -2.08. The van der Waals surface area contributed by atoms with Gasteiger partial charge in [0.2, 0.25) is 5.90 Å². The molecule has 1 heterocycles. The number of hydrogen-bond donors (Lipinski definition) is 0. The standard InChI is InChI=1S/C21H16ClNO5/c1-13(24)27-18-9-5-15(12-19(18)26-2)11-17-21(25)28-20(23-17)10-6-14-3-7-16(22)8-4-14/h3-12H,1-2H3. The second kappa shape index (κ2) is 8.54. The number of carbonyl (C=O) groups is 2. The fourth-order valence-corrected chi connectivity index (χ4v) is 2.54. The van der Waals surface area contributed by atoms with Crippen molar-refractivity contribution in [1.29, 1.82) is 0 Å². The van der Waals surface area contributed by atoms with Crippen molar-refractivity contribution >= 4 is 41.6 Å². The first-order valence-electron chi connectivity index (χ1n) is 8.27. The number of rotatable bonds is 5. The lowest BCUT2D eigenvalue weighted by Crippen LogP contribution is -2.03. The summed E-state index contributed by atoms with van der Waals surface area (Å²) in [5, 5.41) is 0.641. The van der Waals surface area contributed by atoms with Crippen LogP contribution >= 0.6 is 11.6 Å². The highest BCUT2D eigenvalue weighted by Crippen LogP contribution is 2.29. The van der Waals surface area contributed by atoms with Crippen molar-refractivity contribution in [3.63, 3.8) is 0 Å². The molecule has 0 spiro atoms. The third kappa shape index (κ3) is 4.86. The van der Waals surface area contributed by atoms with Crippen molar-refractivity contribution in [2.24, 2.45) is 4.99 Å². The highest BCUT2D eigenvalue weighted by molar-refractivity contribution is 6.30. The Bertz CT molecular complexity index is 1010. The topological polar surface area (TPSA) is 74.2 Å². The molecule has 28 heavy (non-hydrogen) atoms. The molecule has 0 fully saturated rings. The molecule has 142 valence electrons. The molecule has 0 radical (unpaired) electrons. The average Bonchev–Trinajstić information content (AvgIpc) is 3.01. The highest BCUT2D eigenvalue weighted by Gasteiger charge is 2.21. The summed E-state index contributed by atoms with van der Waals surface area (Å²) in [5.74, 6) is -0.164. The molecule has 0 amide bonds. The number of ether oxygens (including phenoxy) is 3. The number of cyclic esters (lactones) is 1. The summed E-state index contributed by atoms with van der Waals surface area (Å²) in [5.41, 5.74) is 1.69. The van der Waals surface area contributed by atoms with Gasteiger partial charge in [0, 0.05) is 18.0 Å². The van der Waals surface area contributed by atoms with E-state index in [4.69, 9.17) is 25.8 Å². The van der Waals surface area contributed by atoms with Gasteiger partial charge in [-0.15, -0.1) is 0 Å². The number of aliphatic imine (C=N–C) groups is 1. The fraction of sp³-hybridized carbons (Fsp3) is 0.0952. The van der Waals surface area contributed by atoms with Gasteiger partial charge in [0.15, 0.2) is 17.2 Å². The van der Waals surface area contributed by atoms with Crippen molar-refractivity contribution < 1.29 is 23.8 Å². The smallest absolute Gasteiger partial charge is 0.363 e. The zero-order valence-electron chi connectivity index (χ0n) is 15.1. The van der Waals surface area contributed by atoms with E-state index in [-0.39, 0.29) is 11.6 Å². The Morgan fingerprint density at radius 2 is 1.79 bits per heavy atom. The van der Waals surface area contributed by atoms with Crippen LogP contribution in [-0.2, 0) is 14.3 Å². The van der Waals surface area contributed by atoms with E-state index in [1.165, 1.54) is 14.0 Å². The Morgan fingerprint density at radius 3 is 2.46 bits per heavy atom. The SMILES string of the molecule is COc1cc(C=C2N=C(C=Cc3ccc(Cl)cc3)OC2=O)ccc1OC(C)=O. The second-order valence-electron chi connectivity index (χ2n) is 5.76. The zero-order chi connectivity index (χ0) is 20.1. The van der Waals surface area contributed by atoms with Gasteiger partial charge in [-0.25, -0.2) is 9.79 Å². The molecule has 2 aromatic rings. The monoisotopic (exact) mass is 397 g/mol. The maximum absolute atomic E-state index is 12.1. The highest BCUT2D eigenvalue weighted by atomic mass is 35.5. The Morgan fingerprint density at radius 1 is 1.07 bits per heavy atom. The Balaban J connectivity index is 1.80. The number of hydrogen-bond acceptors (Lipinski definition) is 6. The van der Waals surface area contributed by atoms with Crippen LogP contribution in [0.25, 0.3) is 12.2 Å². The van der Waals surface area contributed by atoms with E-state index in [9.17, 15) is 9.59 Å². The molecule has 3 rings (SSSR count). The lowest BCUT2D eigenvalue weighted by atomic mass is 10.1. The molecule has 0 bridgehead atoms. The van der Waals surface area contributed by atoms with E-state index < -0.39 is 11.9 Å². The van der Waals surface area contributed by atoms with Crippen LogP contribution in [0.4, 0.5) is 0 Å². The Labute approximate surface area is 166 Å². The second-order valence-corrected chi connectivity index (χ2v) is 6.19. The Kier molecular flexibility index (Phi) is 5.91. The third-order valence-electron chi connectivity index (χ3n) is 3.67. The van der Waals surface area contributed by atoms with Crippen molar-refractivity contribution in [2.45, 2.75) is 6.92 Å². The lowest BCUT2D eigenvalue weighted by molar-refractivity contribution is -0.132. The number of nitrogens with zero attached hydrogens (tertiary/aromatic N) is 1. The van der Waals surface area contributed by atoms with Crippen LogP contribution in [0.3, 0.4) is 0 Å². The molecule has 0 N–H and O–H groups in total. The molecule has 0 aliphatic carbocycles. The van der Waals surface area contributed by atoms with E-state index >= 15 is 0 Å². The minimum Gasteiger partial charge on any atom is -0.493 e. The average molecular weight is 398 g/mol. The summed E-state index contributed by atoms with van der Waals surface area (Å²) in [6.45, 7) is 1.30. The Hall–Kier alpha value is -3.38. The van der Waals surface area contributed by atoms with Crippen LogP contribution < -0.4 is 9.47 Å². The number of methoxy groups -OCH3 is 1. The number of esters is 2. The van der Waals surface area contributed by atoms with Gasteiger partial charge in [0.1, 0.15) is 0 Å². The molecule has 7 heteroatoms. The van der Waals surface area contributed by atoms with Gasteiger partial charge >= 0.3 is 11.9 Å². The predicted octanol–water partition coefficient (Wildman–Crippen LogP) is 4.28. The number of benzene rings is 2. The summed E-state index contributed by atoms with van der Waals surface area (Å²) >= 11 is 5.85. The molecule has 1 aliphatic rings. The largest absolute Gasteiger partial charge is 0.493 e. The van der Waals surface area contributed by atoms with Crippen LogP contribution in [0.1, 0.15) is 18.1 Å². The molecular weight excluding hydrogens is 382 g/mol. The molecule has 1 aliphatic heterocycles. The molecular formula is C21H16ClNO5. The van der Waals surface area contributed by atoms with Crippen molar-refractivity contribution in [3.8, 4) is 11.5 Å². The maximum atomic E-state index is 12.1. The van der Waals surface area contributed by atoms with Gasteiger partial charge in [-0.2, -0.15) is 0 Å². The van der Waals surface area contributed by atoms with Crippen molar-refractivity contribution in [1.82, 2.24) is 0 Å². The van der Waals surface area contributed by atoms with Crippen LogP contribution in [-0.4, -0.2) is 24.9 Å². The number of carbonyl (C=O) groups excluding carboxylic acids is 2. The summed E-state index contributed by atoms with van der Waals surface area (Å²) < 4.78 is 15.4. The molecule has 0 unspecified atom stereocenters. The fourth-order valence-electron chi connectivity index (χ4n) is 2.41. The van der Waals surface area contributed by atoms with Gasteiger partial charge in [-0.05, 0) is 47.5 Å². The number of halogens is 1. The van der Waals surface area contributed by atoms with E-state index in [1.54, 1.807) is 48.6 Å². The minimum atomic E-state index is -0.557. The predicted molar refractivity (Wildman–Crippen MR) is 106 cm³/mol. The summed E-state index contributed by atoms with van der Waals surface area (Å²) in [6.07, 6.45) is 4.93. The third-order valence-corrected chi connectivity index (χ3v) is 3.92. The zero-order valence-corrected chi connectivity index (χ0v) is 15.9. The van der Waals surface area contributed by atoms with Gasteiger partial charge < -0.3 is 14.2 Å². The molecule has 0 aromatic heterocycles. The quantitative estimate of drug-likeness (QED) is 0.427. The molecule has 0 saturated heterocycles. The summed E-state index contributed by atoms with van der Waals surface area (Å²) in [4.78, 5) is 27.4. The van der Waals surface area contributed by atoms with Crippen LogP contribution in [0.15, 0.2) is 59.2 Å². The van der Waals surface area contributed by atoms with Crippen LogP contribution in [0.5, 0.6) is 11.5 Å². The van der Waals surface area contributed by atoms with Gasteiger partial charge in [0.05, 0.1) is 7.11 Å². The van der Waals surface area contributed by atoms with Crippen molar-refractivity contribution in [2.75, 3.05) is 7.11 Å².